The molecule has 0 spiro atoms. The number of halogens is 1. The molecule has 1 aliphatic rings. The van der Waals surface area contributed by atoms with E-state index in [0.717, 1.165) is 24.9 Å². The molecule has 3 aromatic rings. The number of nitrogens with zero attached hydrogens (tertiary/aromatic N) is 2. The van der Waals surface area contributed by atoms with Crippen LogP contribution < -0.4 is 10.0 Å². The molecular weight excluding hydrogens is 392 g/mol. The molecule has 4 rings (SSSR count). The number of anilines is 1. The van der Waals surface area contributed by atoms with Crippen molar-refractivity contribution in [1.82, 2.24) is 14.7 Å². The summed E-state index contributed by atoms with van der Waals surface area (Å²) in [6.45, 7) is 0.878. The molecule has 0 saturated carbocycles. The van der Waals surface area contributed by atoms with Gasteiger partial charge in [0.1, 0.15) is 0 Å². The summed E-state index contributed by atoms with van der Waals surface area (Å²) < 4.78 is 29.9. The maximum absolute atomic E-state index is 12.9. The van der Waals surface area contributed by atoms with E-state index in [9.17, 15) is 8.42 Å². The molecule has 136 valence electrons. The average Bonchev–Trinajstić information content (AvgIpc) is 3.26. The first-order chi connectivity index (χ1) is 12.5. The van der Waals surface area contributed by atoms with Crippen LogP contribution in [0, 0.1) is 0 Å². The van der Waals surface area contributed by atoms with Crippen molar-refractivity contribution in [3.8, 4) is 0 Å². The van der Waals surface area contributed by atoms with E-state index in [2.05, 4.69) is 21.1 Å². The van der Waals surface area contributed by atoms with Gasteiger partial charge in [0.2, 0.25) is 0 Å². The van der Waals surface area contributed by atoms with Crippen molar-refractivity contribution in [2.45, 2.75) is 17.9 Å². The standard InChI is InChI=1S/C17H17ClN4O2S2/c1-19-7-6-12-3-2-11-4-5-13(10-14(11)12)21-26(23,24)16-15(18)20-17-22(16)8-9-25-17/h3-5,8-10,19,21H,2,6-7H2,1H3. The first-order valence-corrected chi connectivity index (χ1v) is 10.8. The highest BCUT2D eigenvalue weighted by atomic mass is 35.5. The number of aromatic nitrogens is 2. The quantitative estimate of drug-likeness (QED) is 0.655. The molecule has 2 aromatic heterocycles. The molecule has 26 heavy (non-hydrogen) atoms. The molecule has 0 aliphatic heterocycles. The number of sulfonamides is 1. The predicted octanol–water partition coefficient (Wildman–Crippen LogP) is 3.40. The molecule has 1 aromatic carbocycles. The van der Waals surface area contributed by atoms with Gasteiger partial charge >= 0.3 is 0 Å². The normalized spacial score (nSPS) is 13.8. The lowest BCUT2D eigenvalue weighted by atomic mass is 10.0. The van der Waals surface area contributed by atoms with Gasteiger partial charge in [-0.05, 0) is 55.3 Å². The van der Waals surface area contributed by atoms with Crippen molar-refractivity contribution in [2.75, 3.05) is 18.3 Å². The van der Waals surface area contributed by atoms with Crippen LogP contribution in [0.25, 0.3) is 10.5 Å². The summed E-state index contributed by atoms with van der Waals surface area (Å²) in [6.07, 6.45) is 5.63. The first-order valence-electron chi connectivity index (χ1n) is 8.10. The molecule has 0 saturated heterocycles. The number of thiazole rings is 1. The van der Waals surface area contributed by atoms with Gasteiger partial charge in [-0.15, -0.1) is 11.3 Å². The molecule has 2 N–H and O–H groups in total. The Labute approximate surface area is 160 Å². The number of fused-ring (bicyclic) bond motifs is 2. The van der Waals surface area contributed by atoms with Crippen molar-refractivity contribution in [2.24, 2.45) is 0 Å². The Bertz CT molecular complexity index is 1120. The maximum atomic E-state index is 12.9. The predicted molar refractivity (Wildman–Crippen MR) is 106 cm³/mol. The molecule has 0 amide bonds. The Hall–Kier alpha value is -1.87. The highest BCUT2D eigenvalue weighted by Crippen LogP contribution is 2.33. The first kappa shape index (κ1) is 17.5. The zero-order chi connectivity index (χ0) is 18.3. The lowest BCUT2D eigenvalue weighted by Crippen LogP contribution is -2.15. The van der Waals surface area contributed by atoms with E-state index in [1.165, 1.54) is 26.9 Å². The highest BCUT2D eigenvalue weighted by molar-refractivity contribution is 7.92. The van der Waals surface area contributed by atoms with E-state index in [4.69, 9.17) is 11.6 Å². The minimum absolute atomic E-state index is 0.0277. The van der Waals surface area contributed by atoms with E-state index < -0.39 is 10.0 Å². The minimum atomic E-state index is -3.86. The summed E-state index contributed by atoms with van der Waals surface area (Å²) in [4.78, 5) is 4.64. The second kappa shape index (κ2) is 6.70. The van der Waals surface area contributed by atoms with Gasteiger partial charge in [-0.1, -0.05) is 23.7 Å². The van der Waals surface area contributed by atoms with E-state index in [0.29, 0.717) is 10.6 Å². The highest BCUT2D eigenvalue weighted by Gasteiger charge is 2.26. The second-order valence-corrected chi connectivity index (χ2v) is 8.86. The molecule has 0 atom stereocenters. The van der Waals surface area contributed by atoms with Crippen molar-refractivity contribution < 1.29 is 8.42 Å². The molecule has 0 fully saturated rings. The Kier molecular flexibility index (Phi) is 4.52. The van der Waals surface area contributed by atoms with Crippen LogP contribution in [0.1, 0.15) is 17.5 Å². The molecule has 9 heteroatoms. The minimum Gasteiger partial charge on any atom is -0.319 e. The van der Waals surface area contributed by atoms with E-state index in [1.807, 2.05) is 19.2 Å². The molecular formula is C17H17ClN4O2S2. The van der Waals surface area contributed by atoms with Crippen LogP contribution in [0.4, 0.5) is 5.69 Å². The largest absolute Gasteiger partial charge is 0.319 e. The van der Waals surface area contributed by atoms with Crippen LogP contribution in [0.2, 0.25) is 5.15 Å². The van der Waals surface area contributed by atoms with Gasteiger partial charge in [0.15, 0.2) is 15.1 Å². The van der Waals surface area contributed by atoms with Crippen molar-refractivity contribution >= 4 is 49.2 Å². The molecule has 0 unspecified atom stereocenters. The summed E-state index contributed by atoms with van der Waals surface area (Å²) in [7, 11) is -1.94. The zero-order valence-electron chi connectivity index (χ0n) is 14.0. The maximum Gasteiger partial charge on any atom is 0.281 e. The zero-order valence-corrected chi connectivity index (χ0v) is 16.4. The van der Waals surface area contributed by atoms with Gasteiger partial charge in [0.25, 0.3) is 10.0 Å². The van der Waals surface area contributed by atoms with Crippen LogP contribution in [-0.2, 0) is 16.4 Å². The second-order valence-electron chi connectivity index (χ2n) is 6.03. The average molecular weight is 409 g/mol. The van der Waals surface area contributed by atoms with Gasteiger partial charge in [-0.25, -0.2) is 4.98 Å². The van der Waals surface area contributed by atoms with E-state index in [1.54, 1.807) is 17.6 Å². The molecule has 0 bridgehead atoms. The van der Waals surface area contributed by atoms with Gasteiger partial charge < -0.3 is 5.32 Å². The third-order valence-corrected chi connectivity index (χ3v) is 6.89. The van der Waals surface area contributed by atoms with Crippen molar-refractivity contribution in [1.29, 1.82) is 0 Å². The summed E-state index contributed by atoms with van der Waals surface area (Å²) >= 11 is 7.40. The van der Waals surface area contributed by atoms with Gasteiger partial charge in [0.05, 0.1) is 0 Å². The third kappa shape index (κ3) is 3.03. The fraction of sp³-hybridized carbons (Fsp3) is 0.235. The van der Waals surface area contributed by atoms with E-state index >= 15 is 0 Å². The van der Waals surface area contributed by atoms with Gasteiger partial charge in [0, 0.05) is 17.3 Å². The molecule has 0 radical (unpaired) electrons. The number of hydrogen-bond acceptors (Lipinski definition) is 5. The lowest BCUT2D eigenvalue weighted by Gasteiger charge is -2.11. The number of allylic oxidation sites excluding steroid dienone is 1. The number of imidazole rings is 1. The van der Waals surface area contributed by atoms with Crippen molar-refractivity contribution in [3.05, 3.63) is 52.1 Å². The Morgan fingerprint density at radius 3 is 3.04 bits per heavy atom. The Morgan fingerprint density at radius 2 is 2.23 bits per heavy atom. The molecule has 2 heterocycles. The SMILES string of the molecule is CNCCC1=CCc2ccc(NS(=O)(=O)c3c(Cl)nc4sccn34)cc21. The smallest absolute Gasteiger partial charge is 0.281 e. The molecule has 1 aliphatic carbocycles. The number of hydrogen-bond donors (Lipinski definition) is 2. The van der Waals surface area contributed by atoms with Gasteiger partial charge in [-0.2, -0.15) is 8.42 Å². The monoisotopic (exact) mass is 408 g/mol. The van der Waals surface area contributed by atoms with Crippen LogP contribution in [0.15, 0.2) is 40.9 Å². The topological polar surface area (TPSA) is 75.5 Å². The van der Waals surface area contributed by atoms with Crippen LogP contribution in [0.5, 0.6) is 0 Å². The van der Waals surface area contributed by atoms with Crippen molar-refractivity contribution in [3.63, 3.8) is 0 Å². The summed E-state index contributed by atoms with van der Waals surface area (Å²) in [5, 5.41) is 4.84. The fourth-order valence-electron chi connectivity index (χ4n) is 3.14. The summed E-state index contributed by atoms with van der Waals surface area (Å²) in [5.74, 6) is 0. The Balaban J connectivity index is 1.66. The fourth-order valence-corrected chi connectivity index (χ4v) is 5.64. The molecule has 6 nitrogen and oxygen atoms in total. The number of rotatable bonds is 6. The summed E-state index contributed by atoms with van der Waals surface area (Å²) in [6, 6.07) is 5.64. The Morgan fingerprint density at radius 1 is 1.38 bits per heavy atom. The third-order valence-electron chi connectivity index (χ3n) is 4.35. The number of benzene rings is 1. The van der Waals surface area contributed by atoms with Gasteiger partial charge in [-0.3, -0.25) is 9.12 Å². The summed E-state index contributed by atoms with van der Waals surface area (Å²) in [5.41, 5.74) is 4.06. The van der Waals surface area contributed by atoms with Crippen LogP contribution in [0.3, 0.4) is 0 Å². The number of nitrogens with one attached hydrogen (secondary N) is 2. The lowest BCUT2D eigenvalue weighted by molar-refractivity contribution is 0.596. The van der Waals surface area contributed by atoms with Crippen LogP contribution >= 0.6 is 22.9 Å². The van der Waals surface area contributed by atoms with E-state index in [-0.39, 0.29) is 10.2 Å². The van der Waals surface area contributed by atoms with Crippen LogP contribution in [-0.4, -0.2) is 31.4 Å².